The van der Waals surface area contributed by atoms with E-state index in [4.69, 9.17) is 4.42 Å². The number of nitrogens with zero attached hydrogens (tertiary/aromatic N) is 1. The quantitative estimate of drug-likeness (QED) is 0.550. The van der Waals surface area contributed by atoms with Crippen molar-refractivity contribution in [2.75, 3.05) is 0 Å². The predicted molar refractivity (Wildman–Crippen MR) is 39.5 cm³/mol. The average Bonchev–Trinajstić information content (AvgIpc) is 2.08. The van der Waals surface area contributed by atoms with Gasteiger partial charge in [-0.05, 0) is 0 Å². The minimum atomic E-state index is -1.26. The Morgan fingerprint density at radius 1 is 1.44 bits per heavy atom. The van der Waals surface area contributed by atoms with Gasteiger partial charge in [-0.3, -0.25) is 0 Å². The fourth-order valence-corrected chi connectivity index (χ4v) is 1.48. The Kier molecular flexibility index (Phi) is 1.44. The van der Waals surface area contributed by atoms with Gasteiger partial charge < -0.3 is 4.42 Å². The van der Waals surface area contributed by atoms with Crippen LogP contribution in [0.15, 0.2) is 16.9 Å². The molecule has 0 aliphatic heterocycles. The summed E-state index contributed by atoms with van der Waals surface area (Å²) in [4.78, 5) is 4.08. The van der Waals surface area contributed by atoms with Crippen LogP contribution in [-0.4, -0.2) is 13.1 Å². The first-order chi connectivity index (χ1) is 4.11. The molecule has 1 rings (SSSR count). The second kappa shape index (κ2) is 1.99. The van der Waals surface area contributed by atoms with Gasteiger partial charge in [0.2, 0.25) is 0 Å². The van der Waals surface area contributed by atoms with Gasteiger partial charge in [0, 0.05) is 0 Å². The first-order valence-electron chi connectivity index (χ1n) is 3.00. The summed E-state index contributed by atoms with van der Waals surface area (Å²) >= 11 is 0. The predicted octanol–water partition coefficient (Wildman–Crippen LogP) is 1.22. The smallest absolute Gasteiger partial charge is 0.165 e. The van der Waals surface area contributed by atoms with Gasteiger partial charge in [0.1, 0.15) is 14.3 Å². The van der Waals surface area contributed by atoms with E-state index in [1.54, 1.807) is 12.5 Å². The number of oxazole rings is 1. The number of rotatable bonds is 1. The Morgan fingerprint density at radius 3 is 2.33 bits per heavy atom. The molecule has 0 N–H and O–H groups in total. The summed E-state index contributed by atoms with van der Waals surface area (Å²) < 4.78 is 5.15. The zero-order valence-corrected chi connectivity index (χ0v) is 7.01. The highest BCUT2D eigenvalue weighted by Gasteiger charge is 2.20. The molecule has 9 heavy (non-hydrogen) atoms. The van der Waals surface area contributed by atoms with E-state index in [1.807, 2.05) is 0 Å². The molecule has 0 aromatic carbocycles. The van der Waals surface area contributed by atoms with E-state index in [-0.39, 0.29) is 0 Å². The van der Waals surface area contributed by atoms with Crippen molar-refractivity contribution < 1.29 is 4.42 Å². The van der Waals surface area contributed by atoms with E-state index in [9.17, 15) is 0 Å². The molecular formula is C6H11NOSi. The van der Waals surface area contributed by atoms with Crippen molar-refractivity contribution in [3.05, 3.63) is 12.5 Å². The van der Waals surface area contributed by atoms with Crippen LogP contribution in [0.5, 0.6) is 0 Å². The number of aromatic nitrogens is 1. The molecule has 0 unspecified atom stereocenters. The summed E-state index contributed by atoms with van der Waals surface area (Å²) in [6.07, 6.45) is 3.33. The topological polar surface area (TPSA) is 26.0 Å². The Bertz CT molecular complexity index is 175. The van der Waals surface area contributed by atoms with Gasteiger partial charge in [-0.15, -0.1) is 0 Å². The Hall–Kier alpha value is -0.573. The van der Waals surface area contributed by atoms with Crippen molar-refractivity contribution in [3.8, 4) is 0 Å². The van der Waals surface area contributed by atoms with E-state index in [0.717, 1.165) is 5.51 Å². The molecule has 1 heterocycles. The molecule has 0 saturated carbocycles. The molecule has 2 nitrogen and oxygen atoms in total. The zero-order chi connectivity index (χ0) is 6.91. The fourth-order valence-electron chi connectivity index (χ4n) is 0.594. The summed E-state index contributed by atoms with van der Waals surface area (Å²) in [5.74, 6) is 0. The van der Waals surface area contributed by atoms with Crippen LogP contribution in [0.25, 0.3) is 0 Å². The normalized spacial score (nSPS) is 11.9. The van der Waals surface area contributed by atoms with E-state index in [2.05, 4.69) is 24.6 Å². The van der Waals surface area contributed by atoms with Gasteiger partial charge in [-0.2, -0.15) is 0 Å². The molecule has 0 amide bonds. The fraction of sp³-hybridized carbons (Fsp3) is 0.500. The summed E-state index contributed by atoms with van der Waals surface area (Å²) in [7, 11) is -1.26. The van der Waals surface area contributed by atoms with E-state index in [1.165, 1.54) is 0 Å². The molecule has 3 heteroatoms. The summed E-state index contributed by atoms with van der Waals surface area (Å²) in [5.41, 5.74) is 0.933. The molecule has 0 atom stereocenters. The van der Waals surface area contributed by atoms with Gasteiger partial charge in [0.05, 0.1) is 6.20 Å². The molecule has 0 saturated heterocycles. The highest BCUT2D eigenvalue weighted by molar-refractivity contribution is 6.87. The lowest BCUT2D eigenvalue weighted by Gasteiger charge is -2.08. The molecule has 0 bridgehead atoms. The Morgan fingerprint density at radius 2 is 2.11 bits per heavy atom. The Labute approximate surface area is 55.9 Å². The van der Waals surface area contributed by atoms with Crippen LogP contribution in [0.4, 0.5) is 0 Å². The van der Waals surface area contributed by atoms with Gasteiger partial charge in [-0.25, -0.2) is 4.98 Å². The van der Waals surface area contributed by atoms with Crippen molar-refractivity contribution in [2.24, 2.45) is 0 Å². The summed E-state index contributed by atoms with van der Waals surface area (Å²) in [5, 5.41) is 0. The minimum absolute atomic E-state index is 0.933. The third-order valence-corrected chi connectivity index (χ3v) is 2.60. The van der Waals surface area contributed by atoms with Crippen LogP contribution in [0.2, 0.25) is 19.6 Å². The summed E-state index contributed by atoms with van der Waals surface area (Å²) in [6.45, 7) is 6.62. The van der Waals surface area contributed by atoms with Crippen molar-refractivity contribution in [1.29, 1.82) is 0 Å². The lowest BCUT2D eigenvalue weighted by Crippen LogP contribution is -2.38. The highest BCUT2D eigenvalue weighted by atomic mass is 28.3. The summed E-state index contributed by atoms with van der Waals surface area (Å²) in [6, 6.07) is 0. The third-order valence-electron chi connectivity index (χ3n) is 1.07. The molecule has 0 aliphatic carbocycles. The molecule has 1 aromatic rings. The maximum absolute atomic E-state index is 5.15. The largest absolute Gasteiger partial charge is 0.454 e. The second-order valence-electron chi connectivity index (χ2n) is 3.09. The monoisotopic (exact) mass is 141 g/mol. The lowest BCUT2D eigenvalue weighted by atomic mass is 11.0. The molecule has 1 aromatic heterocycles. The molecule has 0 spiro atoms. The number of hydrogen-bond donors (Lipinski definition) is 0. The molecular weight excluding hydrogens is 130 g/mol. The average molecular weight is 141 g/mol. The highest BCUT2D eigenvalue weighted by Crippen LogP contribution is 1.98. The lowest BCUT2D eigenvalue weighted by molar-refractivity contribution is 0.591. The molecule has 50 valence electrons. The van der Waals surface area contributed by atoms with Gasteiger partial charge in [-0.1, -0.05) is 19.6 Å². The van der Waals surface area contributed by atoms with Crippen LogP contribution in [-0.2, 0) is 0 Å². The standard InChI is InChI=1S/C6H11NOSi/c1-9(2,3)6-7-4-5-8-6/h4-5H,1-3H3. The van der Waals surface area contributed by atoms with Gasteiger partial charge in [0.15, 0.2) is 5.51 Å². The van der Waals surface area contributed by atoms with Crippen molar-refractivity contribution in [3.63, 3.8) is 0 Å². The van der Waals surface area contributed by atoms with Gasteiger partial charge >= 0.3 is 0 Å². The van der Waals surface area contributed by atoms with E-state index in [0.29, 0.717) is 0 Å². The molecule has 0 fully saturated rings. The SMILES string of the molecule is C[Si](C)(C)c1ncco1. The van der Waals surface area contributed by atoms with Crippen LogP contribution >= 0.6 is 0 Å². The first kappa shape index (κ1) is 6.55. The van der Waals surface area contributed by atoms with Crippen LogP contribution in [0.3, 0.4) is 0 Å². The minimum Gasteiger partial charge on any atom is -0.454 e. The second-order valence-corrected chi connectivity index (χ2v) is 8.01. The van der Waals surface area contributed by atoms with Crippen molar-refractivity contribution in [1.82, 2.24) is 4.98 Å². The Balaban J connectivity index is 2.90. The third kappa shape index (κ3) is 1.42. The van der Waals surface area contributed by atoms with Crippen LogP contribution in [0, 0.1) is 0 Å². The van der Waals surface area contributed by atoms with Crippen molar-refractivity contribution >= 4 is 13.6 Å². The van der Waals surface area contributed by atoms with E-state index >= 15 is 0 Å². The molecule has 0 radical (unpaired) electrons. The van der Waals surface area contributed by atoms with Crippen LogP contribution in [0.1, 0.15) is 0 Å². The first-order valence-corrected chi connectivity index (χ1v) is 6.50. The zero-order valence-electron chi connectivity index (χ0n) is 6.01. The maximum atomic E-state index is 5.15. The maximum Gasteiger partial charge on any atom is 0.165 e. The van der Waals surface area contributed by atoms with Crippen molar-refractivity contribution in [2.45, 2.75) is 19.6 Å². The van der Waals surface area contributed by atoms with E-state index < -0.39 is 8.07 Å². The van der Waals surface area contributed by atoms with Gasteiger partial charge in [0.25, 0.3) is 0 Å². The number of hydrogen-bond acceptors (Lipinski definition) is 2. The van der Waals surface area contributed by atoms with Crippen LogP contribution < -0.4 is 5.51 Å². The molecule has 0 aliphatic rings.